The van der Waals surface area contributed by atoms with E-state index in [0.717, 1.165) is 12.0 Å². The largest absolute Gasteiger partial charge is 0.396 e. The summed E-state index contributed by atoms with van der Waals surface area (Å²) < 4.78 is 0. The second-order valence-corrected chi connectivity index (χ2v) is 3.43. The lowest BCUT2D eigenvalue weighted by Gasteiger charge is -2.21. The molecule has 0 aromatic rings. The molecule has 2 nitrogen and oxygen atoms in total. The van der Waals surface area contributed by atoms with Gasteiger partial charge < -0.3 is 10.2 Å². The highest BCUT2D eigenvalue weighted by molar-refractivity contribution is 4.90. The fraction of sp³-hybridized carbons (Fsp3) is 0.778. The summed E-state index contributed by atoms with van der Waals surface area (Å²) in [5.74, 6) is 0. The van der Waals surface area contributed by atoms with Gasteiger partial charge in [-0.1, -0.05) is 5.57 Å². The molecule has 2 N–H and O–H groups in total. The van der Waals surface area contributed by atoms with Crippen molar-refractivity contribution in [1.82, 2.24) is 0 Å². The predicted molar refractivity (Wildman–Crippen MR) is 46.4 cm³/mol. The van der Waals surface area contributed by atoms with Gasteiger partial charge in [0.1, 0.15) is 0 Å². The van der Waals surface area contributed by atoms with E-state index in [1.54, 1.807) is 6.92 Å². The Morgan fingerprint density at radius 1 is 1.45 bits per heavy atom. The number of allylic oxidation sites excluding steroid dienone is 1. The zero-order chi connectivity index (χ0) is 8.91. The van der Waals surface area contributed by atoms with Gasteiger partial charge in [0.05, 0.1) is 5.60 Å². The molecule has 0 saturated heterocycles. The lowest BCUT2D eigenvalue weighted by atomic mass is 9.95. The fourth-order valence-corrected chi connectivity index (χ4v) is 0.849. The fourth-order valence-electron chi connectivity index (χ4n) is 0.849. The molecule has 0 heterocycles. The first-order valence-electron chi connectivity index (χ1n) is 3.95. The minimum Gasteiger partial charge on any atom is -0.396 e. The molecule has 0 saturated carbocycles. The van der Waals surface area contributed by atoms with Crippen LogP contribution in [0.2, 0.25) is 0 Å². The van der Waals surface area contributed by atoms with Gasteiger partial charge in [-0.05, 0) is 33.1 Å². The summed E-state index contributed by atoms with van der Waals surface area (Å²) in [7, 11) is 0. The van der Waals surface area contributed by atoms with Gasteiger partial charge in [0.15, 0.2) is 0 Å². The summed E-state index contributed by atoms with van der Waals surface area (Å²) in [6.07, 6.45) is 1.95. The Morgan fingerprint density at radius 3 is 2.36 bits per heavy atom. The Bertz CT molecular complexity index is 128. The molecule has 11 heavy (non-hydrogen) atoms. The van der Waals surface area contributed by atoms with Crippen molar-refractivity contribution in [2.45, 2.75) is 38.7 Å². The summed E-state index contributed by atoms with van der Waals surface area (Å²) >= 11 is 0. The summed E-state index contributed by atoms with van der Waals surface area (Å²) in [4.78, 5) is 0. The van der Waals surface area contributed by atoms with E-state index < -0.39 is 5.60 Å². The highest BCUT2D eigenvalue weighted by Gasteiger charge is 2.18. The van der Waals surface area contributed by atoms with Crippen LogP contribution in [-0.4, -0.2) is 22.4 Å². The molecule has 0 aliphatic heterocycles. The van der Waals surface area contributed by atoms with Crippen LogP contribution in [0, 0.1) is 0 Å². The van der Waals surface area contributed by atoms with Crippen molar-refractivity contribution in [2.24, 2.45) is 0 Å². The third kappa shape index (κ3) is 6.07. The smallest absolute Gasteiger partial charge is 0.0644 e. The lowest BCUT2D eigenvalue weighted by molar-refractivity contribution is 0.0258. The number of aliphatic hydroxyl groups excluding tert-OH is 1. The van der Waals surface area contributed by atoms with Crippen molar-refractivity contribution < 1.29 is 10.2 Å². The monoisotopic (exact) mass is 158 g/mol. The second kappa shape index (κ2) is 4.52. The van der Waals surface area contributed by atoms with Crippen LogP contribution in [0.3, 0.4) is 0 Å². The standard InChI is InChI=1S/C9H18O2/c1-8(2)4-5-9(3,11)6-7-10/h10-11H,1,4-7H2,2-3H3. The maximum Gasteiger partial charge on any atom is 0.0644 e. The minimum atomic E-state index is -0.728. The van der Waals surface area contributed by atoms with Crippen molar-refractivity contribution in [3.8, 4) is 0 Å². The first kappa shape index (κ1) is 10.7. The third-order valence-electron chi connectivity index (χ3n) is 1.74. The Balaban J connectivity index is 3.63. The highest BCUT2D eigenvalue weighted by Crippen LogP contribution is 2.18. The van der Waals surface area contributed by atoms with E-state index in [2.05, 4.69) is 6.58 Å². The molecule has 1 unspecified atom stereocenters. The predicted octanol–water partition coefficient (Wildman–Crippen LogP) is 1.48. The average Bonchev–Trinajstić information content (AvgIpc) is 1.84. The lowest BCUT2D eigenvalue weighted by Crippen LogP contribution is -2.25. The molecule has 0 amide bonds. The molecule has 0 radical (unpaired) electrons. The van der Waals surface area contributed by atoms with Crippen molar-refractivity contribution >= 4 is 0 Å². The van der Waals surface area contributed by atoms with E-state index in [-0.39, 0.29) is 6.61 Å². The van der Waals surface area contributed by atoms with E-state index in [1.165, 1.54) is 0 Å². The second-order valence-electron chi connectivity index (χ2n) is 3.43. The third-order valence-corrected chi connectivity index (χ3v) is 1.74. The normalized spacial score (nSPS) is 16.0. The molecule has 0 aliphatic rings. The average molecular weight is 158 g/mol. The molecular weight excluding hydrogens is 140 g/mol. The molecule has 1 atom stereocenters. The van der Waals surface area contributed by atoms with Gasteiger partial charge in [-0.3, -0.25) is 0 Å². The molecule has 66 valence electrons. The summed E-state index contributed by atoms with van der Waals surface area (Å²) in [6.45, 7) is 7.47. The molecule has 0 spiro atoms. The zero-order valence-corrected chi connectivity index (χ0v) is 7.43. The van der Waals surface area contributed by atoms with E-state index in [1.807, 2.05) is 6.92 Å². The van der Waals surface area contributed by atoms with Crippen LogP contribution in [0.15, 0.2) is 12.2 Å². The first-order chi connectivity index (χ1) is 4.98. The topological polar surface area (TPSA) is 40.5 Å². The molecule has 0 aromatic carbocycles. The highest BCUT2D eigenvalue weighted by atomic mass is 16.3. The van der Waals surface area contributed by atoms with Gasteiger partial charge >= 0.3 is 0 Å². The quantitative estimate of drug-likeness (QED) is 0.595. The Hall–Kier alpha value is -0.340. The number of rotatable bonds is 5. The number of aliphatic hydroxyl groups is 2. The summed E-state index contributed by atoms with van der Waals surface area (Å²) in [6, 6.07) is 0. The van der Waals surface area contributed by atoms with Gasteiger partial charge in [-0.15, -0.1) is 6.58 Å². The van der Waals surface area contributed by atoms with E-state index in [0.29, 0.717) is 12.8 Å². The number of hydrogen-bond acceptors (Lipinski definition) is 2. The van der Waals surface area contributed by atoms with Crippen molar-refractivity contribution in [3.63, 3.8) is 0 Å². The van der Waals surface area contributed by atoms with Crippen LogP contribution < -0.4 is 0 Å². The van der Waals surface area contributed by atoms with Gasteiger partial charge in [0.25, 0.3) is 0 Å². The molecule has 0 aromatic heterocycles. The maximum atomic E-state index is 9.56. The van der Waals surface area contributed by atoms with E-state index in [9.17, 15) is 5.11 Å². The first-order valence-corrected chi connectivity index (χ1v) is 3.95. The van der Waals surface area contributed by atoms with Crippen LogP contribution in [0.25, 0.3) is 0 Å². The van der Waals surface area contributed by atoms with Crippen molar-refractivity contribution in [3.05, 3.63) is 12.2 Å². The Morgan fingerprint density at radius 2 is 2.00 bits per heavy atom. The van der Waals surface area contributed by atoms with Gasteiger partial charge in [-0.25, -0.2) is 0 Å². The van der Waals surface area contributed by atoms with Crippen LogP contribution in [0.1, 0.15) is 33.1 Å². The summed E-state index contributed by atoms with van der Waals surface area (Å²) in [5.41, 5.74) is 0.344. The zero-order valence-electron chi connectivity index (χ0n) is 7.43. The van der Waals surface area contributed by atoms with Gasteiger partial charge in [-0.2, -0.15) is 0 Å². The SMILES string of the molecule is C=C(C)CCC(C)(O)CCO. The van der Waals surface area contributed by atoms with Crippen LogP contribution >= 0.6 is 0 Å². The Kier molecular flexibility index (Phi) is 4.38. The molecule has 0 fully saturated rings. The maximum absolute atomic E-state index is 9.56. The molecular formula is C9H18O2. The van der Waals surface area contributed by atoms with E-state index in [4.69, 9.17) is 5.11 Å². The number of hydrogen-bond donors (Lipinski definition) is 2. The van der Waals surface area contributed by atoms with Gasteiger partial charge in [0, 0.05) is 6.61 Å². The van der Waals surface area contributed by atoms with Crippen LogP contribution in [0.4, 0.5) is 0 Å². The summed E-state index contributed by atoms with van der Waals surface area (Å²) in [5, 5.41) is 18.1. The Labute approximate surface area is 68.6 Å². The van der Waals surface area contributed by atoms with Crippen molar-refractivity contribution in [1.29, 1.82) is 0 Å². The van der Waals surface area contributed by atoms with Gasteiger partial charge in [0.2, 0.25) is 0 Å². The molecule has 0 rings (SSSR count). The molecule has 2 heteroatoms. The molecule has 0 bridgehead atoms. The van der Waals surface area contributed by atoms with Crippen molar-refractivity contribution in [2.75, 3.05) is 6.61 Å². The van der Waals surface area contributed by atoms with Crippen LogP contribution in [0.5, 0.6) is 0 Å². The van der Waals surface area contributed by atoms with E-state index >= 15 is 0 Å². The van der Waals surface area contributed by atoms with Crippen LogP contribution in [-0.2, 0) is 0 Å². The minimum absolute atomic E-state index is 0.0448. The molecule has 0 aliphatic carbocycles.